The monoisotopic (exact) mass is 257 g/mol. The SMILES string of the molecule is CC(c1[nH]c2ccccc2c1CCN)N1CCCC1. The van der Waals surface area contributed by atoms with Gasteiger partial charge in [0.05, 0.1) is 0 Å². The van der Waals surface area contributed by atoms with Gasteiger partial charge in [-0.2, -0.15) is 0 Å². The Kier molecular flexibility index (Phi) is 3.58. The first kappa shape index (κ1) is 12.7. The smallest absolute Gasteiger partial charge is 0.0473 e. The zero-order valence-electron chi connectivity index (χ0n) is 11.7. The van der Waals surface area contributed by atoms with Gasteiger partial charge in [-0.25, -0.2) is 0 Å². The zero-order chi connectivity index (χ0) is 13.2. The second kappa shape index (κ2) is 5.35. The second-order valence-electron chi connectivity index (χ2n) is 5.52. The van der Waals surface area contributed by atoms with Crippen LogP contribution < -0.4 is 5.73 Å². The molecule has 1 saturated heterocycles. The highest BCUT2D eigenvalue weighted by molar-refractivity contribution is 5.84. The Morgan fingerprint density at radius 2 is 2.00 bits per heavy atom. The van der Waals surface area contributed by atoms with Crippen LogP contribution in [0.3, 0.4) is 0 Å². The minimum absolute atomic E-state index is 0.469. The zero-order valence-corrected chi connectivity index (χ0v) is 11.7. The fourth-order valence-corrected chi connectivity index (χ4v) is 3.30. The number of nitrogens with two attached hydrogens (primary N) is 1. The highest BCUT2D eigenvalue weighted by atomic mass is 15.2. The molecule has 1 aromatic heterocycles. The summed E-state index contributed by atoms with van der Waals surface area (Å²) in [5, 5.41) is 1.34. The Hall–Kier alpha value is -1.32. The number of rotatable bonds is 4. The highest BCUT2D eigenvalue weighted by Crippen LogP contribution is 2.31. The molecule has 2 heterocycles. The molecule has 0 bridgehead atoms. The van der Waals surface area contributed by atoms with Crippen molar-refractivity contribution in [2.75, 3.05) is 19.6 Å². The first-order valence-corrected chi connectivity index (χ1v) is 7.35. The van der Waals surface area contributed by atoms with Crippen molar-refractivity contribution in [3.05, 3.63) is 35.5 Å². The third-order valence-electron chi connectivity index (χ3n) is 4.35. The van der Waals surface area contributed by atoms with Crippen LogP contribution in [0.2, 0.25) is 0 Å². The molecule has 0 radical (unpaired) electrons. The lowest BCUT2D eigenvalue weighted by molar-refractivity contribution is 0.258. The first-order chi connectivity index (χ1) is 9.31. The van der Waals surface area contributed by atoms with E-state index in [0.717, 1.165) is 6.42 Å². The van der Waals surface area contributed by atoms with E-state index >= 15 is 0 Å². The third-order valence-corrected chi connectivity index (χ3v) is 4.35. The van der Waals surface area contributed by atoms with Crippen LogP contribution in [-0.2, 0) is 6.42 Å². The molecule has 0 saturated carbocycles. The van der Waals surface area contributed by atoms with Gasteiger partial charge in [-0.05, 0) is 57.5 Å². The van der Waals surface area contributed by atoms with E-state index in [9.17, 15) is 0 Å². The summed E-state index contributed by atoms with van der Waals surface area (Å²) in [7, 11) is 0. The van der Waals surface area contributed by atoms with Crippen molar-refractivity contribution in [3.63, 3.8) is 0 Å². The number of benzene rings is 1. The third kappa shape index (κ3) is 2.28. The van der Waals surface area contributed by atoms with Crippen molar-refractivity contribution in [2.24, 2.45) is 5.73 Å². The minimum Gasteiger partial charge on any atom is -0.357 e. The van der Waals surface area contributed by atoms with Crippen molar-refractivity contribution in [2.45, 2.75) is 32.2 Å². The number of likely N-dealkylation sites (tertiary alicyclic amines) is 1. The van der Waals surface area contributed by atoms with Crippen LogP contribution in [0, 0.1) is 0 Å². The summed E-state index contributed by atoms with van der Waals surface area (Å²) < 4.78 is 0. The fraction of sp³-hybridized carbons (Fsp3) is 0.500. The van der Waals surface area contributed by atoms with Gasteiger partial charge < -0.3 is 10.7 Å². The largest absolute Gasteiger partial charge is 0.357 e. The minimum atomic E-state index is 0.469. The number of nitrogens with zero attached hydrogens (tertiary/aromatic N) is 1. The van der Waals surface area contributed by atoms with E-state index in [1.165, 1.54) is 48.1 Å². The molecular weight excluding hydrogens is 234 g/mol. The molecule has 1 fully saturated rings. The van der Waals surface area contributed by atoms with Crippen LogP contribution in [0.25, 0.3) is 10.9 Å². The van der Waals surface area contributed by atoms with Crippen molar-refractivity contribution in [1.82, 2.24) is 9.88 Å². The lowest BCUT2D eigenvalue weighted by Crippen LogP contribution is -2.24. The van der Waals surface area contributed by atoms with Gasteiger partial charge in [-0.1, -0.05) is 18.2 Å². The van der Waals surface area contributed by atoms with Gasteiger partial charge >= 0.3 is 0 Å². The normalized spacial score (nSPS) is 18.2. The Balaban J connectivity index is 2.03. The Bertz CT molecular complexity index is 552. The molecular formula is C16H23N3. The Labute approximate surface area is 114 Å². The predicted molar refractivity (Wildman–Crippen MR) is 80.3 cm³/mol. The number of hydrogen-bond donors (Lipinski definition) is 2. The quantitative estimate of drug-likeness (QED) is 0.884. The van der Waals surface area contributed by atoms with Crippen LogP contribution in [-0.4, -0.2) is 29.5 Å². The molecule has 1 aromatic carbocycles. The molecule has 3 N–H and O–H groups in total. The van der Waals surface area contributed by atoms with Gasteiger partial charge in [0.2, 0.25) is 0 Å². The summed E-state index contributed by atoms with van der Waals surface area (Å²) in [5.74, 6) is 0. The Morgan fingerprint density at radius 1 is 1.26 bits per heavy atom. The maximum Gasteiger partial charge on any atom is 0.0473 e. The number of hydrogen-bond acceptors (Lipinski definition) is 2. The summed E-state index contributed by atoms with van der Waals surface area (Å²) in [6.45, 7) is 5.47. The van der Waals surface area contributed by atoms with E-state index in [1.807, 2.05) is 0 Å². The van der Waals surface area contributed by atoms with Crippen LogP contribution in [0.4, 0.5) is 0 Å². The molecule has 0 amide bonds. The van der Waals surface area contributed by atoms with Crippen molar-refractivity contribution >= 4 is 10.9 Å². The number of para-hydroxylation sites is 1. The van der Waals surface area contributed by atoms with Gasteiger partial charge in [-0.3, -0.25) is 4.90 Å². The molecule has 1 atom stereocenters. The molecule has 3 rings (SSSR count). The molecule has 102 valence electrons. The topological polar surface area (TPSA) is 45.1 Å². The van der Waals surface area contributed by atoms with Crippen LogP contribution >= 0.6 is 0 Å². The van der Waals surface area contributed by atoms with Crippen LogP contribution in [0.1, 0.15) is 37.1 Å². The van der Waals surface area contributed by atoms with Crippen molar-refractivity contribution in [1.29, 1.82) is 0 Å². The molecule has 1 aliphatic heterocycles. The molecule has 0 spiro atoms. The second-order valence-corrected chi connectivity index (χ2v) is 5.52. The summed E-state index contributed by atoms with van der Waals surface area (Å²) in [6.07, 6.45) is 3.62. The van der Waals surface area contributed by atoms with Crippen molar-refractivity contribution < 1.29 is 0 Å². The van der Waals surface area contributed by atoms with E-state index in [1.54, 1.807) is 0 Å². The van der Waals surface area contributed by atoms with Gasteiger partial charge in [0.25, 0.3) is 0 Å². The van der Waals surface area contributed by atoms with Crippen LogP contribution in [0.15, 0.2) is 24.3 Å². The molecule has 3 nitrogen and oxygen atoms in total. The predicted octanol–water partition coefficient (Wildman–Crippen LogP) is 2.83. The first-order valence-electron chi connectivity index (χ1n) is 7.35. The summed E-state index contributed by atoms with van der Waals surface area (Å²) in [5.41, 5.74) is 9.83. The van der Waals surface area contributed by atoms with E-state index in [2.05, 4.69) is 41.1 Å². The van der Waals surface area contributed by atoms with Gasteiger partial charge in [0.15, 0.2) is 0 Å². The van der Waals surface area contributed by atoms with E-state index in [4.69, 9.17) is 5.73 Å². The van der Waals surface area contributed by atoms with Crippen LogP contribution in [0.5, 0.6) is 0 Å². The maximum absolute atomic E-state index is 5.81. The average Bonchev–Trinajstić information content (AvgIpc) is 3.06. The lowest BCUT2D eigenvalue weighted by Gasteiger charge is -2.24. The summed E-state index contributed by atoms with van der Waals surface area (Å²) >= 11 is 0. The summed E-state index contributed by atoms with van der Waals surface area (Å²) in [6, 6.07) is 9.04. The average molecular weight is 257 g/mol. The molecule has 3 heteroatoms. The fourth-order valence-electron chi connectivity index (χ4n) is 3.30. The number of H-pyrrole nitrogens is 1. The Morgan fingerprint density at radius 3 is 2.74 bits per heavy atom. The van der Waals surface area contributed by atoms with E-state index in [0.29, 0.717) is 12.6 Å². The molecule has 1 unspecified atom stereocenters. The number of aromatic nitrogens is 1. The van der Waals surface area contributed by atoms with Crippen molar-refractivity contribution in [3.8, 4) is 0 Å². The molecule has 0 aliphatic carbocycles. The standard InChI is InChI=1S/C16H23N3/c1-12(19-10-4-5-11-19)16-14(8-9-17)13-6-2-3-7-15(13)18-16/h2-3,6-7,12,18H,4-5,8-11,17H2,1H3. The van der Waals surface area contributed by atoms with E-state index in [-0.39, 0.29) is 0 Å². The maximum atomic E-state index is 5.81. The molecule has 19 heavy (non-hydrogen) atoms. The molecule has 2 aromatic rings. The van der Waals surface area contributed by atoms with Gasteiger partial charge in [-0.15, -0.1) is 0 Å². The van der Waals surface area contributed by atoms with Gasteiger partial charge in [0, 0.05) is 22.6 Å². The van der Waals surface area contributed by atoms with E-state index < -0.39 is 0 Å². The number of aromatic amines is 1. The summed E-state index contributed by atoms with van der Waals surface area (Å²) in [4.78, 5) is 6.20. The highest BCUT2D eigenvalue weighted by Gasteiger charge is 2.23. The number of fused-ring (bicyclic) bond motifs is 1. The van der Waals surface area contributed by atoms with Gasteiger partial charge in [0.1, 0.15) is 0 Å². The lowest BCUT2D eigenvalue weighted by atomic mass is 10.0. The number of nitrogens with one attached hydrogen (secondary N) is 1. The molecule has 1 aliphatic rings.